The van der Waals surface area contributed by atoms with E-state index in [-0.39, 0.29) is 5.56 Å². The molecule has 0 heterocycles. The largest absolute Gasteiger partial charge is 0.432 e. The van der Waals surface area contributed by atoms with Crippen molar-refractivity contribution in [3.05, 3.63) is 89.2 Å². The molecular formula is C20H13F5O. The van der Waals surface area contributed by atoms with E-state index in [1.807, 2.05) is 6.92 Å². The minimum absolute atomic E-state index is 0.116. The van der Waals surface area contributed by atoms with E-state index in [1.54, 1.807) is 24.3 Å². The second-order valence-corrected chi connectivity index (χ2v) is 5.76. The molecule has 0 atom stereocenters. The van der Waals surface area contributed by atoms with Crippen molar-refractivity contribution < 1.29 is 26.7 Å². The van der Waals surface area contributed by atoms with Crippen LogP contribution < -0.4 is 4.74 Å². The Hall–Kier alpha value is -2.89. The molecule has 3 aromatic rings. The SMILES string of the molecule is Cc1ccc(-c2cc(F)c(C(F)(F)Oc3cccc(F)c3)c(F)c2)cc1. The van der Waals surface area contributed by atoms with Gasteiger partial charge in [0.25, 0.3) is 0 Å². The van der Waals surface area contributed by atoms with Gasteiger partial charge < -0.3 is 4.74 Å². The maximum Gasteiger partial charge on any atom is 0.432 e. The summed E-state index contributed by atoms with van der Waals surface area (Å²) in [5.41, 5.74) is 0.0126. The smallest absolute Gasteiger partial charge is 0.429 e. The van der Waals surface area contributed by atoms with Crippen LogP contribution in [0, 0.1) is 24.4 Å². The number of hydrogen-bond donors (Lipinski definition) is 0. The molecule has 0 aromatic heterocycles. The molecule has 0 unspecified atom stereocenters. The van der Waals surface area contributed by atoms with E-state index in [1.165, 1.54) is 0 Å². The van der Waals surface area contributed by atoms with E-state index in [0.717, 1.165) is 35.9 Å². The van der Waals surface area contributed by atoms with Gasteiger partial charge in [-0.05, 0) is 42.3 Å². The van der Waals surface area contributed by atoms with Gasteiger partial charge in [0.15, 0.2) is 0 Å². The molecule has 0 aliphatic heterocycles. The van der Waals surface area contributed by atoms with Crippen LogP contribution in [-0.2, 0) is 6.11 Å². The Morgan fingerprint density at radius 1 is 0.769 bits per heavy atom. The summed E-state index contributed by atoms with van der Waals surface area (Å²) in [5, 5.41) is 0. The highest BCUT2D eigenvalue weighted by Crippen LogP contribution is 2.37. The Labute approximate surface area is 146 Å². The van der Waals surface area contributed by atoms with Gasteiger partial charge in [0.05, 0.1) is 0 Å². The van der Waals surface area contributed by atoms with E-state index >= 15 is 0 Å². The summed E-state index contributed by atoms with van der Waals surface area (Å²) in [5.74, 6) is -4.27. The lowest BCUT2D eigenvalue weighted by Gasteiger charge is -2.20. The molecule has 134 valence electrons. The third-order valence-corrected chi connectivity index (χ3v) is 3.76. The first-order valence-electron chi connectivity index (χ1n) is 7.65. The van der Waals surface area contributed by atoms with Crippen LogP contribution in [0.2, 0.25) is 0 Å². The van der Waals surface area contributed by atoms with Gasteiger partial charge in [-0.1, -0.05) is 35.9 Å². The first-order chi connectivity index (χ1) is 12.3. The number of rotatable bonds is 4. The molecule has 0 radical (unpaired) electrons. The zero-order valence-electron chi connectivity index (χ0n) is 13.6. The van der Waals surface area contributed by atoms with Crippen molar-refractivity contribution in [1.29, 1.82) is 0 Å². The van der Waals surface area contributed by atoms with E-state index in [2.05, 4.69) is 4.74 Å². The molecule has 0 amide bonds. The Morgan fingerprint density at radius 3 is 1.96 bits per heavy atom. The number of benzene rings is 3. The summed E-state index contributed by atoms with van der Waals surface area (Å²) in [4.78, 5) is 0. The summed E-state index contributed by atoms with van der Waals surface area (Å²) in [7, 11) is 0. The number of halogens is 5. The Kier molecular flexibility index (Phi) is 4.68. The first kappa shape index (κ1) is 17.9. The predicted octanol–water partition coefficient (Wildman–Crippen LogP) is 6.21. The summed E-state index contributed by atoms with van der Waals surface area (Å²) >= 11 is 0. The van der Waals surface area contributed by atoms with Crippen LogP contribution in [0.3, 0.4) is 0 Å². The molecule has 0 spiro atoms. The monoisotopic (exact) mass is 364 g/mol. The first-order valence-corrected chi connectivity index (χ1v) is 7.65. The maximum atomic E-state index is 14.3. The molecule has 0 N–H and O–H groups in total. The summed E-state index contributed by atoms with van der Waals surface area (Å²) in [6.07, 6.45) is -4.31. The molecule has 26 heavy (non-hydrogen) atoms. The fourth-order valence-electron chi connectivity index (χ4n) is 2.49. The second-order valence-electron chi connectivity index (χ2n) is 5.76. The van der Waals surface area contributed by atoms with E-state index in [0.29, 0.717) is 11.6 Å². The van der Waals surface area contributed by atoms with Crippen molar-refractivity contribution in [3.8, 4) is 16.9 Å². The van der Waals surface area contributed by atoms with Crippen molar-refractivity contribution in [2.45, 2.75) is 13.0 Å². The van der Waals surface area contributed by atoms with E-state index in [9.17, 15) is 22.0 Å². The fraction of sp³-hybridized carbons (Fsp3) is 0.100. The molecule has 0 aliphatic rings. The predicted molar refractivity (Wildman–Crippen MR) is 87.5 cm³/mol. The average molecular weight is 364 g/mol. The lowest BCUT2D eigenvalue weighted by atomic mass is 10.0. The number of aryl methyl sites for hydroxylation is 1. The molecular weight excluding hydrogens is 351 g/mol. The van der Waals surface area contributed by atoms with Crippen LogP contribution >= 0.6 is 0 Å². The number of ether oxygens (including phenoxy) is 1. The van der Waals surface area contributed by atoms with Crippen LogP contribution in [0.25, 0.3) is 11.1 Å². The Morgan fingerprint density at radius 2 is 1.38 bits per heavy atom. The van der Waals surface area contributed by atoms with Crippen LogP contribution in [-0.4, -0.2) is 0 Å². The lowest BCUT2D eigenvalue weighted by molar-refractivity contribution is -0.189. The third kappa shape index (κ3) is 3.69. The molecule has 1 nitrogen and oxygen atoms in total. The van der Waals surface area contributed by atoms with Crippen LogP contribution in [0.1, 0.15) is 11.1 Å². The Balaban J connectivity index is 1.98. The summed E-state index contributed by atoms with van der Waals surface area (Å²) in [6, 6.07) is 12.3. The molecule has 0 bridgehead atoms. The fourth-order valence-corrected chi connectivity index (χ4v) is 2.49. The van der Waals surface area contributed by atoms with Gasteiger partial charge in [-0.15, -0.1) is 0 Å². The lowest BCUT2D eigenvalue weighted by Crippen LogP contribution is -2.25. The highest BCUT2D eigenvalue weighted by Gasteiger charge is 2.41. The van der Waals surface area contributed by atoms with E-state index < -0.39 is 34.9 Å². The molecule has 3 aromatic carbocycles. The second kappa shape index (κ2) is 6.78. The molecule has 6 heteroatoms. The van der Waals surface area contributed by atoms with Gasteiger partial charge in [0, 0.05) is 6.07 Å². The van der Waals surface area contributed by atoms with E-state index in [4.69, 9.17) is 0 Å². The standard InChI is InChI=1S/C20H13F5O/c1-12-5-7-13(8-6-12)14-9-17(22)19(18(23)10-14)20(24,25)26-16-4-2-3-15(21)11-16/h2-11H,1H3. The maximum absolute atomic E-state index is 14.3. The Bertz CT molecular complexity index is 912. The van der Waals surface area contributed by atoms with Crippen molar-refractivity contribution in [3.63, 3.8) is 0 Å². The molecule has 0 saturated carbocycles. The number of alkyl halides is 2. The van der Waals surface area contributed by atoms with Gasteiger partial charge in [-0.3, -0.25) is 0 Å². The van der Waals surface area contributed by atoms with Crippen molar-refractivity contribution in [2.24, 2.45) is 0 Å². The van der Waals surface area contributed by atoms with Crippen LogP contribution in [0.5, 0.6) is 5.75 Å². The zero-order valence-corrected chi connectivity index (χ0v) is 13.6. The highest BCUT2D eigenvalue weighted by molar-refractivity contribution is 5.64. The molecule has 0 fully saturated rings. The molecule has 0 saturated heterocycles. The van der Waals surface area contributed by atoms with Gasteiger partial charge in [-0.2, -0.15) is 8.78 Å². The van der Waals surface area contributed by atoms with Crippen LogP contribution in [0.4, 0.5) is 22.0 Å². The van der Waals surface area contributed by atoms with Crippen LogP contribution in [0.15, 0.2) is 60.7 Å². The molecule has 3 rings (SSSR count). The minimum Gasteiger partial charge on any atom is -0.429 e. The number of hydrogen-bond acceptors (Lipinski definition) is 1. The third-order valence-electron chi connectivity index (χ3n) is 3.76. The van der Waals surface area contributed by atoms with Gasteiger partial charge in [0.1, 0.15) is 28.8 Å². The van der Waals surface area contributed by atoms with Crippen molar-refractivity contribution in [2.75, 3.05) is 0 Å². The normalized spacial score (nSPS) is 11.5. The summed E-state index contributed by atoms with van der Waals surface area (Å²) in [6.45, 7) is 1.85. The van der Waals surface area contributed by atoms with Crippen molar-refractivity contribution in [1.82, 2.24) is 0 Å². The molecule has 0 aliphatic carbocycles. The summed E-state index contributed by atoms with van der Waals surface area (Å²) < 4.78 is 74.5. The minimum atomic E-state index is -4.31. The zero-order chi connectivity index (χ0) is 18.9. The average Bonchev–Trinajstić information content (AvgIpc) is 2.54. The topological polar surface area (TPSA) is 9.23 Å². The van der Waals surface area contributed by atoms with Gasteiger partial charge in [-0.25, -0.2) is 13.2 Å². The van der Waals surface area contributed by atoms with Gasteiger partial charge in [0.2, 0.25) is 0 Å². The quantitative estimate of drug-likeness (QED) is 0.500. The highest BCUT2D eigenvalue weighted by atomic mass is 19.3. The van der Waals surface area contributed by atoms with Crippen molar-refractivity contribution >= 4 is 0 Å². The van der Waals surface area contributed by atoms with Gasteiger partial charge >= 0.3 is 6.11 Å².